The fourth-order valence-corrected chi connectivity index (χ4v) is 2.18. The average molecular weight is 168 g/mol. The molecule has 0 aromatic carbocycles. The molecule has 0 radical (unpaired) electrons. The molecule has 62 valence electrons. The van der Waals surface area contributed by atoms with Gasteiger partial charge in [-0.05, 0) is 26.1 Å². The van der Waals surface area contributed by atoms with Gasteiger partial charge in [0.15, 0.2) is 8.32 Å². The van der Waals surface area contributed by atoms with Crippen LogP contribution in [0.15, 0.2) is 24.3 Å². The molecule has 0 aromatic rings. The molecule has 1 atom stereocenters. The monoisotopic (exact) mass is 168 g/mol. The average Bonchev–Trinajstić information content (AvgIpc) is 1.85. The molecule has 1 rings (SSSR count). The van der Waals surface area contributed by atoms with Crippen molar-refractivity contribution in [3.8, 4) is 0 Å². The molecule has 0 aliphatic heterocycles. The Morgan fingerprint density at radius 1 is 1.27 bits per heavy atom. The van der Waals surface area contributed by atoms with Crippen LogP contribution in [-0.4, -0.2) is 14.4 Å². The summed E-state index contributed by atoms with van der Waals surface area (Å²) in [4.78, 5) is 0. The SMILES string of the molecule is C[Si](C)(C)OC1C=CC=CC1. The maximum absolute atomic E-state index is 5.88. The zero-order valence-corrected chi connectivity index (χ0v) is 8.50. The zero-order valence-electron chi connectivity index (χ0n) is 7.50. The van der Waals surface area contributed by atoms with Gasteiger partial charge in [0.25, 0.3) is 0 Å². The lowest BCUT2D eigenvalue weighted by molar-refractivity contribution is 0.244. The van der Waals surface area contributed by atoms with Gasteiger partial charge in [-0.15, -0.1) is 0 Å². The number of hydrogen-bond donors (Lipinski definition) is 0. The van der Waals surface area contributed by atoms with Crippen LogP contribution in [0.25, 0.3) is 0 Å². The molecule has 0 aromatic heterocycles. The lowest BCUT2D eigenvalue weighted by Crippen LogP contribution is -2.31. The zero-order chi connectivity index (χ0) is 8.32. The highest BCUT2D eigenvalue weighted by atomic mass is 28.4. The predicted octanol–water partition coefficient (Wildman–Crippen LogP) is 2.72. The van der Waals surface area contributed by atoms with Crippen molar-refractivity contribution in [2.24, 2.45) is 0 Å². The van der Waals surface area contributed by atoms with Gasteiger partial charge in [-0.25, -0.2) is 0 Å². The Morgan fingerprint density at radius 3 is 2.45 bits per heavy atom. The predicted molar refractivity (Wildman–Crippen MR) is 51.1 cm³/mol. The molecule has 1 nitrogen and oxygen atoms in total. The normalized spacial score (nSPS) is 24.1. The molecule has 0 spiro atoms. The molecule has 0 amide bonds. The standard InChI is InChI=1S/C9H16OSi/c1-11(2,3)10-9-7-5-4-6-8-9/h4-7,9H,8H2,1-3H3. The Bertz CT molecular complexity index is 176. The van der Waals surface area contributed by atoms with Crippen LogP contribution in [0.4, 0.5) is 0 Å². The van der Waals surface area contributed by atoms with E-state index < -0.39 is 8.32 Å². The molecule has 0 N–H and O–H groups in total. The van der Waals surface area contributed by atoms with E-state index in [-0.39, 0.29) is 0 Å². The summed E-state index contributed by atoms with van der Waals surface area (Å²) in [7, 11) is -1.33. The molecular formula is C9H16OSi. The minimum Gasteiger partial charge on any atom is -0.411 e. The van der Waals surface area contributed by atoms with Crippen molar-refractivity contribution in [3.63, 3.8) is 0 Å². The van der Waals surface area contributed by atoms with Crippen LogP contribution in [0.1, 0.15) is 6.42 Å². The molecule has 2 heteroatoms. The molecule has 0 bridgehead atoms. The van der Waals surface area contributed by atoms with Crippen molar-refractivity contribution in [3.05, 3.63) is 24.3 Å². The van der Waals surface area contributed by atoms with E-state index in [2.05, 4.69) is 43.9 Å². The molecule has 11 heavy (non-hydrogen) atoms. The van der Waals surface area contributed by atoms with Crippen molar-refractivity contribution in [2.45, 2.75) is 32.2 Å². The van der Waals surface area contributed by atoms with Crippen molar-refractivity contribution >= 4 is 8.32 Å². The van der Waals surface area contributed by atoms with Gasteiger partial charge >= 0.3 is 0 Å². The Kier molecular flexibility index (Phi) is 2.68. The topological polar surface area (TPSA) is 9.23 Å². The summed E-state index contributed by atoms with van der Waals surface area (Å²) >= 11 is 0. The second kappa shape index (κ2) is 3.37. The summed E-state index contributed by atoms with van der Waals surface area (Å²) in [6.07, 6.45) is 9.81. The van der Waals surface area contributed by atoms with Crippen molar-refractivity contribution in [1.82, 2.24) is 0 Å². The van der Waals surface area contributed by atoms with Crippen LogP contribution in [0.5, 0.6) is 0 Å². The van der Waals surface area contributed by atoms with Gasteiger partial charge in [-0.2, -0.15) is 0 Å². The van der Waals surface area contributed by atoms with Crippen LogP contribution in [-0.2, 0) is 4.43 Å². The highest BCUT2D eigenvalue weighted by molar-refractivity contribution is 6.69. The van der Waals surface area contributed by atoms with E-state index in [9.17, 15) is 0 Å². The van der Waals surface area contributed by atoms with Crippen LogP contribution >= 0.6 is 0 Å². The fraction of sp³-hybridized carbons (Fsp3) is 0.556. The van der Waals surface area contributed by atoms with Crippen molar-refractivity contribution in [1.29, 1.82) is 0 Å². The Hall–Kier alpha value is -0.343. The van der Waals surface area contributed by atoms with E-state index >= 15 is 0 Å². The molecule has 1 aliphatic carbocycles. The van der Waals surface area contributed by atoms with Crippen molar-refractivity contribution < 1.29 is 4.43 Å². The fourth-order valence-electron chi connectivity index (χ4n) is 1.10. The third kappa shape index (κ3) is 3.53. The van der Waals surface area contributed by atoms with Crippen LogP contribution in [0, 0.1) is 0 Å². The summed E-state index contributed by atoms with van der Waals surface area (Å²) in [6, 6.07) is 0. The summed E-state index contributed by atoms with van der Waals surface area (Å²) in [6.45, 7) is 6.66. The Morgan fingerprint density at radius 2 is 2.00 bits per heavy atom. The maximum Gasteiger partial charge on any atom is 0.184 e. The third-order valence-corrected chi connectivity index (χ3v) is 2.46. The first-order valence-electron chi connectivity index (χ1n) is 4.09. The van der Waals surface area contributed by atoms with E-state index in [1.807, 2.05) is 0 Å². The van der Waals surface area contributed by atoms with E-state index in [0.29, 0.717) is 6.10 Å². The highest BCUT2D eigenvalue weighted by Crippen LogP contribution is 2.14. The number of hydrogen-bond acceptors (Lipinski definition) is 1. The van der Waals surface area contributed by atoms with Crippen LogP contribution in [0.2, 0.25) is 19.6 Å². The van der Waals surface area contributed by atoms with Gasteiger partial charge in [0, 0.05) is 0 Å². The summed E-state index contributed by atoms with van der Waals surface area (Å²) < 4.78 is 5.88. The van der Waals surface area contributed by atoms with Crippen LogP contribution < -0.4 is 0 Å². The molecule has 0 saturated heterocycles. The van der Waals surface area contributed by atoms with E-state index in [1.54, 1.807) is 0 Å². The number of allylic oxidation sites excluding steroid dienone is 2. The van der Waals surface area contributed by atoms with Crippen molar-refractivity contribution in [2.75, 3.05) is 0 Å². The minimum absolute atomic E-state index is 0.340. The maximum atomic E-state index is 5.88. The quantitative estimate of drug-likeness (QED) is 0.576. The van der Waals surface area contributed by atoms with E-state index in [4.69, 9.17) is 4.43 Å². The summed E-state index contributed by atoms with van der Waals surface area (Å²) in [5.74, 6) is 0. The van der Waals surface area contributed by atoms with Gasteiger partial charge in [-0.1, -0.05) is 24.3 Å². The highest BCUT2D eigenvalue weighted by Gasteiger charge is 2.18. The van der Waals surface area contributed by atoms with Gasteiger partial charge in [0.1, 0.15) is 0 Å². The Labute approximate surface area is 69.9 Å². The van der Waals surface area contributed by atoms with E-state index in [0.717, 1.165) is 6.42 Å². The van der Waals surface area contributed by atoms with E-state index in [1.165, 1.54) is 0 Å². The second-order valence-electron chi connectivity index (χ2n) is 3.82. The van der Waals surface area contributed by atoms with Gasteiger partial charge in [0.05, 0.1) is 6.10 Å². The summed E-state index contributed by atoms with van der Waals surface area (Å²) in [5, 5.41) is 0. The minimum atomic E-state index is -1.33. The third-order valence-electron chi connectivity index (χ3n) is 1.45. The second-order valence-corrected chi connectivity index (χ2v) is 8.28. The van der Waals surface area contributed by atoms with Crippen LogP contribution in [0.3, 0.4) is 0 Å². The smallest absolute Gasteiger partial charge is 0.184 e. The molecule has 0 heterocycles. The largest absolute Gasteiger partial charge is 0.411 e. The van der Waals surface area contributed by atoms with Gasteiger partial charge in [-0.3, -0.25) is 0 Å². The number of rotatable bonds is 2. The lowest BCUT2D eigenvalue weighted by atomic mass is 10.1. The first kappa shape index (κ1) is 8.75. The molecule has 0 saturated carbocycles. The lowest BCUT2D eigenvalue weighted by Gasteiger charge is -2.24. The van der Waals surface area contributed by atoms with Gasteiger partial charge in [0.2, 0.25) is 0 Å². The molecule has 0 fully saturated rings. The summed E-state index contributed by atoms with van der Waals surface area (Å²) in [5.41, 5.74) is 0. The molecular weight excluding hydrogens is 152 g/mol. The first-order valence-corrected chi connectivity index (χ1v) is 7.50. The molecule has 1 unspecified atom stereocenters. The first-order chi connectivity index (χ1) is 5.08. The molecule has 1 aliphatic rings. The Balaban J connectivity index is 2.39. The van der Waals surface area contributed by atoms with Gasteiger partial charge < -0.3 is 4.43 Å².